The van der Waals surface area contributed by atoms with Crippen LogP contribution in [0.1, 0.15) is 96.0 Å². The molecule has 0 bridgehead atoms. The Labute approximate surface area is 245 Å². The zero-order valence-corrected chi connectivity index (χ0v) is 26.2. The summed E-state index contributed by atoms with van der Waals surface area (Å²) in [5.74, 6) is -0.534. The highest BCUT2D eigenvalue weighted by Crippen LogP contribution is 2.31. The molecule has 0 aliphatic rings. The van der Waals surface area contributed by atoms with Crippen LogP contribution in [0, 0.1) is 13.8 Å². The summed E-state index contributed by atoms with van der Waals surface area (Å²) in [6.45, 7) is 17.1. The number of aromatic hydroxyl groups is 1. The number of benzene rings is 2. The highest BCUT2D eigenvalue weighted by Gasteiger charge is 2.40. The van der Waals surface area contributed by atoms with Crippen molar-refractivity contribution in [3.8, 4) is 5.75 Å². The van der Waals surface area contributed by atoms with E-state index in [-0.39, 0.29) is 36.1 Å². The molecule has 226 valence electrons. The van der Waals surface area contributed by atoms with Crippen LogP contribution < -0.4 is 10.6 Å². The molecule has 0 aliphatic carbocycles. The molecule has 0 aliphatic heterocycles. The first-order chi connectivity index (χ1) is 19.2. The predicted molar refractivity (Wildman–Crippen MR) is 163 cm³/mol. The first-order valence-electron chi connectivity index (χ1n) is 14.6. The van der Waals surface area contributed by atoms with E-state index in [1.54, 1.807) is 49.9 Å². The van der Waals surface area contributed by atoms with Crippen molar-refractivity contribution in [2.75, 3.05) is 0 Å². The molecular weight excluding hydrogens is 518 g/mol. The number of rotatable bonds is 12. The van der Waals surface area contributed by atoms with Gasteiger partial charge in [0.15, 0.2) is 0 Å². The second-order valence-corrected chi connectivity index (χ2v) is 12.0. The Hall–Kier alpha value is -3.55. The van der Waals surface area contributed by atoms with Gasteiger partial charge in [-0.1, -0.05) is 50.6 Å². The third-order valence-corrected chi connectivity index (χ3v) is 7.14. The van der Waals surface area contributed by atoms with Crippen molar-refractivity contribution in [1.82, 2.24) is 15.5 Å². The summed E-state index contributed by atoms with van der Waals surface area (Å²) in [6, 6.07) is 10.0. The molecule has 0 fully saturated rings. The van der Waals surface area contributed by atoms with E-state index in [9.17, 15) is 19.5 Å². The van der Waals surface area contributed by atoms with Gasteiger partial charge in [0, 0.05) is 18.5 Å². The van der Waals surface area contributed by atoms with Gasteiger partial charge in [-0.3, -0.25) is 9.59 Å². The molecule has 2 rings (SSSR count). The average molecular weight is 568 g/mol. The lowest BCUT2D eigenvalue weighted by molar-refractivity contribution is -0.145. The summed E-state index contributed by atoms with van der Waals surface area (Å²) >= 11 is 0. The second-order valence-electron chi connectivity index (χ2n) is 12.0. The first-order valence-corrected chi connectivity index (χ1v) is 14.6. The Bertz CT molecular complexity index is 1150. The summed E-state index contributed by atoms with van der Waals surface area (Å²) in [4.78, 5) is 43.3. The largest absolute Gasteiger partial charge is 0.508 e. The van der Waals surface area contributed by atoms with Gasteiger partial charge in [-0.15, -0.1) is 0 Å². The van der Waals surface area contributed by atoms with E-state index in [4.69, 9.17) is 4.74 Å². The Morgan fingerprint density at radius 2 is 1.54 bits per heavy atom. The van der Waals surface area contributed by atoms with Crippen LogP contribution in [-0.2, 0) is 20.7 Å². The molecule has 8 heteroatoms. The van der Waals surface area contributed by atoms with Crippen LogP contribution in [0.5, 0.6) is 5.75 Å². The van der Waals surface area contributed by atoms with E-state index in [0.29, 0.717) is 6.42 Å². The zero-order chi connectivity index (χ0) is 30.9. The highest BCUT2D eigenvalue weighted by atomic mass is 16.6. The number of nitrogens with zero attached hydrogens (tertiary/aromatic N) is 1. The van der Waals surface area contributed by atoms with Gasteiger partial charge in [0.2, 0.25) is 11.8 Å². The van der Waals surface area contributed by atoms with Crippen LogP contribution in [-0.4, -0.2) is 51.6 Å². The van der Waals surface area contributed by atoms with E-state index >= 15 is 0 Å². The lowest BCUT2D eigenvalue weighted by atomic mass is 9.91. The topological polar surface area (TPSA) is 108 Å². The minimum atomic E-state index is -1.02. The summed E-state index contributed by atoms with van der Waals surface area (Å²) in [7, 11) is 0. The number of carbonyl (C=O) groups excluding carboxylic acids is 3. The van der Waals surface area contributed by atoms with Gasteiger partial charge in [-0.25, -0.2) is 4.79 Å². The predicted octanol–water partition coefficient (Wildman–Crippen LogP) is 6.12. The van der Waals surface area contributed by atoms with Gasteiger partial charge >= 0.3 is 6.09 Å². The van der Waals surface area contributed by atoms with Crippen molar-refractivity contribution in [2.24, 2.45) is 0 Å². The van der Waals surface area contributed by atoms with Gasteiger partial charge in [0.1, 0.15) is 23.4 Å². The van der Waals surface area contributed by atoms with E-state index in [2.05, 4.69) is 17.6 Å². The Morgan fingerprint density at radius 3 is 2.05 bits per heavy atom. The summed E-state index contributed by atoms with van der Waals surface area (Å²) in [5.41, 5.74) is 2.58. The Morgan fingerprint density at radius 1 is 0.951 bits per heavy atom. The van der Waals surface area contributed by atoms with Gasteiger partial charge in [0.25, 0.3) is 0 Å². The number of hydrogen-bond acceptors (Lipinski definition) is 5. The number of alkyl carbamates (subject to hydrolysis) is 1. The number of amides is 3. The fourth-order valence-corrected chi connectivity index (χ4v) is 4.98. The van der Waals surface area contributed by atoms with Crippen molar-refractivity contribution in [1.29, 1.82) is 0 Å². The fourth-order valence-electron chi connectivity index (χ4n) is 4.98. The second kappa shape index (κ2) is 14.9. The van der Waals surface area contributed by atoms with Crippen LogP contribution in [0.15, 0.2) is 42.5 Å². The van der Waals surface area contributed by atoms with E-state index in [0.717, 1.165) is 35.1 Å². The molecule has 0 spiro atoms. The molecule has 0 saturated carbocycles. The van der Waals surface area contributed by atoms with Crippen LogP contribution in [0.4, 0.5) is 4.79 Å². The van der Waals surface area contributed by atoms with E-state index in [1.807, 2.05) is 52.8 Å². The summed E-state index contributed by atoms with van der Waals surface area (Å²) < 4.78 is 5.51. The summed E-state index contributed by atoms with van der Waals surface area (Å²) in [5, 5.41) is 15.7. The molecule has 2 aromatic rings. The number of hydrogen-bond donors (Lipinski definition) is 3. The van der Waals surface area contributed by atoms with Crippen LogP contribution in [0.3, 0.4) is 0 Å². The molecule has 4 unspecified atom stereocenters. The SMILES string of the molecule is CCCC(C)NC(=O)C(c1c(C)cccc1C)N(C(=O)C(Cc1ccc(O)cc1)NC(=O)OC(C)(C)C)C(C)CC. The third kappa shape index (κ3) is 9.80. The van der Waals surface area contributed by atoms with Crippen molar-refractivity contribution in [3.05, 3.63) is 64.7 Å². The molecule has 0 aromatic heterocycles. The molecule has 3 amide bonds. The molecule has 4 atom stereocenters. The molecular formula is C33H49N3O5. The number of ether oxygens (including phenoxy) is 1. The van der Waals surface area contributed by atoms with Gasteiger partial charge in [-0.2, -0.15) is 0 Å². The first kappa shape index (κ1) is 33.7. The van der Waals surface area contributed by atoms with Crippen molar-refractivity contribution >= 4 is 17.9 Å². The lowest BCUT2D eigenvalue weighted by Gasteiger charge is -2.39. The molecule has 0 heterocycles. The quantitative estimate of drug-likeness (QED) is 0.286. The zero-order valence-electron chi connectivity index (χ0n) is 26.2. The van der Waals surface area contributed by atoms with Crippen molar-refractivity contribution in [2.45, 2.75) is 118 Å². The Balaban J connectivity index is 2.66. The summed E-state index contributed by atoms with van der Waals surface area (Å²) in [6.07, 6.45) is 1.76. The minimum absolute atomic E-state index is 0.0686. The monoisotopic (exact) mass is 567 g/mol. The normalized spacial score (nSPS) is 14.4. The van der Waals surface area contributed by atoms with E-state index in [1.165, 1.54) is 0 Å². The van der Waals surface area contributed by atoms with Crippen LogP contribution >= 0.6 is 0 Å². The smallest absolute Gasteiger partial charge is 0.408 e. The number of phenolic OH excluding ortho intramolecular Hbond substituents is 1. The number of carbonyl (C=O) groups is 3. The minimum Gasteiger partial charge on any atom is -0.508 e. The maximum atomic E-state index is 14.6. The van der Waals surface area contributed by atoms with Gasteiger partial charge in [-0.05, 0) is 95.7 Å². The Kier molecular flexibility index (Phi) is 12.2. The molecule has 41 heavy (non-hydrogen) atoms. The third-order valence-electron chi connectivity index (χ3n) is 7.14. The lowest BCUT2D eigenvalue weighted by Crippen LogP contribution is -2.56. The standard InChI is InChI=1S/C33H49N3O5/c1-10-13-23(5)34-30(38)29(28-21(3)14-12-15-22(28)4)36(24(6)11-2)31(39)27(35-32(40)41-33(7,8)9)20-25-16-18-26(37)19-17-25/h12,14-19,23-24,27,29,37H,10-11,13,20H2,1-9H3,(H,34,38)(H,35,40). The number of nitrogens with one attached hydrogen (secondary N) is 2. The maximum Gasteiger partial charge on any atom is 0.408 e. The fraction of sp³-hybridized carbons (Fsp3) is 0.545. The van der Waals surface area contributed by atoms with E-state index < -0.39 is 23.8 Å². The highest BCUT2D eigenvalue weighted by molar-refractivity contribution is 5.93. The number of aryl methyl sites for hydroxylation is 2. The van der Waals surface area contributed by atoms with Crippen molar-refractivity contribution in [3.63, 3.8) is 0 Å². The molecule has 2 aromatic carbocycles. The maximum absolute atomic E-state index is 14.6. The van der Waals surface area contributed by atoms with Crippen LogP contribution in [0.2, 0.25) is 0 Å². The molecule has 3 N–H and O–H groups in total. The van der Waals surface area contributed by atoms with Crippen LogP contribution in [0.25, 0.3) is 0 Å². The molecule has 0 radical (unpaired) electrons. The van der Waals surface area contributed by atoms with Gasteiger partial charge < -0.3 is 25.4 Å². The average Bonchev–Trinajstić information content (AvgIpc) is 2.87. The molecule has 0 saturated heterocycles. The van der Waals surface area contributed by atoms with Crippen molar-refractivity contribution < 1.29 is 24.2 Å². The molecule has 8 nitrogen and oxygen atoms in total. The van der Waals surface area contributed by atoms with Gasteiger partial charge in [0.05, 0.1) is 0 Å². The number of phenols is 1.